The van der Waals surface area contributed by atoms with Crippen molar-refractivity contribution in [2.45, 2.75) is 13.0 Å². The number of nitrogens with one attached hydrogen (secondary N) is 1. The van der Waals surface area contributed by atoms with Crippen molar-refractivity contribution in [3.8, 4) is 0 Å². The second kappa shape index (κ2) is 6.22. The van der Waals surface area contributed by atoms with Gasteiger partial charge in [0.05, 0.1) is 5.52 Å². The highest BCUT2D eigenvalue weighted by molar-refractivity contribution is 6.30. The molecule has 6 heteroatoms. The number of ether oxygens (including phenoxy) is 1. The van der Waals surface area contributed by atoms with Gasteiger partial charge in [-0.2, -0.15) is 5.10 Å². The zero-order chi connectivity index (χ0) is 16.4. The summed E-state index contributed by atoms with van der Waals surface area (Å²) in [5, 5.41) is 7.92. The molecule has 0 aliphatic heterocycles. The summed E-state index contributed by atoms with van der Waals surface area (Å²) in [7, 11) is 0. The molecule has 2 aromatic carbocycles. The number of ketones is 1. The zero-order valence-electron chi connectivity index (χ0n) is 12.2. The molecule has 0 saturated heterocycles. The number of hydrogen-bond acceptors (Lipinski definition) is 4. The van der Waals surface area contributed by atoms with Gasteiger partial charge in [-0.25, -0.2) is 4.79 Å². The molecule has 3 aromatic rings. The first-order chi connectivity index (χ1) is 11.1. The Hall–Kier alpha value is -2.66. The molecule has 23 heavy (non-hydrogen) atoms. The number of esters is 1. The van der Waals surface area contributed by atoms with E-state index in [2.05, 4.69) is 10.2 Å². The van der Waals surface area contributed by atoms with Crippen LogP contribution in [0.15, 0.2) is 48.5 Å². The van der Waals surface area contributed by atoms with Crippen molar-refractivity contribution in [3.05, 3.63) is 64.8 Å². The largest absolute Gasteiger partial charge is 0.449 e. The molecule has 0 fully saturated rings. The van der Waals surface area contributed by atoms with Crippen molar-refractivity contribution in [1.29, 1.82) is 0 Å². The molecule has 1 heterocycles. The fourth-order valence-corrected chi connectivity index (χ4v) is 2.36. The Kier molecular flexibility index (Phi) is 4.12. The normalized spacial score (nSPS) is 12.1. The van der Waals surface area contributed by atoms with Crippen LogP contribution in [0.4, 0.5) is 0 Å². The summed E-state index contributed by atoms with van der Waals surface area (Å²) < 4.78 is 5.25. The van der Waals surface area contributed by atoms with Crippen molar-refractivity contribution in [2.75, 3.05) is 0 Å². The first kappa shape index (κ1) is 15.2. The van der Waals surface area contributed by atoms with Crippen LogP contribution in [0, 0.1) is 0 Å². The van der Waals surface area contributed by atoms with E-state index in [9.17, 15) is 9.59 Å². The Morgan fingerprint density at radius 2 is 1.83 bits per heavy atom. The lowest BCUT2D eigenvalue weighted by atomic mass is 10.1. The van der Waals surface area contributed by atoms with Gasteiger partial charge in [0.25, 0.3) is 0 Å². The van der Waals surface area contributed by atoms with Crippen molar-refractivity contribution >= 4 is 34.3 Å². The zero-order valence-corrected chi connectivity index (χ0v) is 13.0. The summed E-state index contributed by atoms with van der Waals surface area (Å²) >= 11 is 5.79. The fourth-order valence-electron chi connectivity index (χ4n) is 2.24. The molecule has 3 rings (SSSR count). The number of Topliss-reactive ketones (excluding diaryl/α,β-unsaturated/α-hetero) is 1. The van der Waals surface area contributed by atoms with Gasteiger partial charge in [0, 0.05) is 16.0 Å². The fraction of sp³-hybridized carbons (Fsp3) is 0.118. The number of aromatic amines is 1. The standard InChI is InChI=1S/C17H13ClN2O3/c1-10(16(21)11-6-8-12(18)9-7-11)23-17(22)15-13-4-2-3-5-14(13)19-20-15/h2-10H,1H3,(H,19,20). The monoisotopic (exact) mass is 328 g/mol. The minimum Gasteiger partial charge on any atom is -0.449 e. The molecule has 0 aliphatic rings. The van der Waals surface area contributed by atoms with E-state index in [0.29, 0.717) is 16.0 Å². The average molecular weight is 329 g/mol. The van der Waals surface area contributed by atoms with E-state index in [-0.39, 0.29) is 11.5 Å². The second-order valence-corrected chi connectivity index (χ2v) is 5.47. The molecule has 0 radical (unpaired) electrons. The van der Waals surface area contributed by atoms with Crippen LogP contribution in [0.1, 0.15) is 27.8 Å². The van der Waals surface area contributed by atoms with Gasteiger partial charge in [-0.1, -0.05) is 29.8 Å². The Bertz CT molecular complexity index is 871. The Morgan fingerprint density at radius 1 is 1.13 bits per heavy atom. The maximum Gasteiger partial charge on any atom is 0.360 e. The van der Waals surface area contributed by atoms with Crippen molar-refractivity contribution in [3.63, 3.8) is 0 Å². The van der Waals surface area contributed by atoms with E-state index >= 15 is 0 Å². The van der Waals surface area contributed by atoms with E-state index in [0.717, 1.165) is 5.52 Å². The van der Waals surface area contributed by atoms with Crippen LogP contribution < -0.4 is 0 Å². The summed E-state index contributed by atoms with van der Waals surface area (Å²) in [4.78, 5) is 24.5. The molecular weight excluding hydrogens is 316 g/mol. The third-order valence-corrected chi connectivity index (χ3v) is 3.70. The highest BCUT2D eigenvalue weighted by Gasteiger charge is 2.23. The predicted molar refractivity (Wildman–Crippen MR) is 86.8 cm³/mol. The number of hydrogen-bond donors (Lipinski definition) is 1. The van der Waals surface area contributed by atoms with Crippen molar-refractivity contribution < 1.29 is 14.3 Å². The van der Waals surface area contributed by atoms with Crippen molar-refractivity contribution in [2.24, 2.45) is 0 Å². The highest BCUT2D eigenvalue weighted by Crippen LogP contribution is 2.18. The van der Waals surface area contributed by atoms with E-state index < -0.39 is 12.1 Å². The number of para-hydroxylation sites is 1. The molecule has 1 atom stereocenters. The molecular formula is C17H13ClN2O3. The molecule has 0 bridgehead atoms. The molecule has 0 spiro atoms. The molecule has 1 N–H and O–H groups in total. The van der Waals surface area contributed by atoms with E-state index in [4.69, 9.17) is 16.3 Å². The highest BCUT2D eigenvalue weighted by atomic mass is 35.5. The predicted octanol–water partition coefficient (Wildman–Crippen LogP) is 3.64. The summed E-state index contributed by atoms with van der Waals surface area (Å²) in [6, 6.07) is 13.6. The minimum absolute atomic E-state index is 0.163. The smallest absolute Gasteiger partial charge is 0.360 e. The first-order valence-corrected chi connectivity index (χ1v) is 7.38. The van der Waals surface area contributed by atoms with Gasteiger partial charge in [-0.05, 0) is 37.3 Å². The van der Waals surface area contributed by atoms with Gasteiger partial charge in [0.15, 0.2) is 11.8 Å². The van der Waals surface area contributed by atoms with Gasteiger partial charge in [-0.3, -0.25) is 9.89 Å². The van der Waals surface area contributed by atoms with Crippen LogP contribution in [-0.4, -0.2) is 28.1 Å². The molecule has 0 aliphatic carbocycles. The van der Waals surface area contributed by atoms with E-state index in [1.165, 1.54) is 6.92 Å². The number of H-pyrrole nitrogens is 1. The summed E-state index contributed by atoms with van der Waals surface area (Å²) in [5.74, 6) is -0.938. The molecule has 116 valence electrons. The quantitative estimate of drug-likeness (QED) is 0.586. The lowest BCUT2D eigenvalue weighted by Gasteiger charge is -2.11. The van der Waals surface area contributed by atoms with Gasteiger partial charge < -0.3 is 4.74 Å². The summed E-state index contributed by atoms with van der Waals surface area (Å²) in [6.45, 7) is 1.53. The minimum atomic E-state index is -0.917. The Labute approximate surface area is 137 Å². The van der Waals surface area contributed by atoms with Gasteiger partial charge in [0.2, 0.25) is 5.78 Å². The molecule has 1 aromatic heterocycles. The average Bonchev–Trinajstić information content (AvgIpc) is 2.99. The number of nitrogens with zero attached hydrogens (tertiary/aromatic N) is 1. The second-order valence-electron chi connectivity index (χ2n) is 5.04. The number of aromatic nitrogens is 2. The van der Waals surface area contributed by atoms with Crippen molar-refractivity contribution in [1.82, 2.24) is 10.2 Å². The maximum absolute atomic E-state index is 12.3. The van der Waals surface area contributed by atoms with Gasteiger partial charge in [-0.15, -0.1) is 0 Å². The van der Waals surface area contributed by atoms with Crippen LogP contribution in [0.2, 0.25) is 5.02 Å². The van der Waals surface area contributed by atoms with E-state index in [1.807, 2.05) is 6.07 Å². The molecule has 0 saturated carbocycles. The van der Waals surface area contributed by atoms with E-state index in [1.54, 1.807) is 42.5 Å². The maximum atomic E-state index is 12.3. The van der Waals surface area contributed by atoms with Crippen LogP contribution in [0.25, 0.3) is 10.9 Å². The van der Waals surface area contributed by atoms with Gasteiger partial charge in [0.1, 0.15) is 0 Å². The van der Waals surface area contributed by atoms with Crippen LogP contribution in [0.3, 0.4) is 0 Å². The third kappa shape index (κ3) is 3.10. The molecule has 1 unspecified atom stereocenters. The summed E-state index contributed by atoms with van der Waals surface area (Å²) in [5.41, 5.74) is 1.33. The molecule has 0 amide bonds. The number of carbonyl (C=O) groups is 2. The lowest BCUT2D eigenvalue weighted by Crippen LogP contribution is -2.24. The van der Waals surface area contributed by atoms with Crippen LogP contribution >= 0.6 is 11.6 Å². The first-order valence-electron chi connectivity index (χ1n) is 7.00. The number of benzene rings is 2. The topological polar surface area (TPSA) is 72.0 Å². The molecule has 5 nitrogen and oxygen atoms in total. The number of fused-ring (bicyclic) bond motifs is 1. The number of carbonyl (C=O) groups excluding carboxylic acids is 2. The Balaban J connectivity index is 1.77. The van der Waals surface area contributed by atoms with Crippen LogP contribution in [-0.2, 0) is 4.74 Å². The van der Waals surface area contributed by atoms with Gasteiger partial charge >= 0.3 is 5.97 Å². The third-order valence-electron chi connectivity index (χ3n) is 3.45. The SMILES string of the molecule is CC(OC(=O)c1n[nH]c2ccccc12)C(=O)c1ccc(Cl)cc1. The number of halogens is 1. The lowest BCUT2D eigenvalue weighted by molar-refractivity contribution is 0.0315. The summed E-state index contributed by atoms with van der Waals surface area (Å²) in [6.07, 6.45) is -0.917. The van der Waals surface area contributed by atoms with Crippen LogP contribution in [0.5, 0.6) is 0 Å². The number of rotatable bonds is 4. The Morgan fingerprint density at radius 3 is 2.57 bits per heavy atom.